The van der Waals surface area contributed by atoms with E-state index in [0.29, 0.717) is 12.3 Å². The molecule has 0 aliphatic rings. The summed E-state index contributed by atoms with van der Waals surface area (Å²) >= 11 is 0. The number of hydrogen-bond acceptors (Lipinski definition) is 4. The molecule has 0 aliphatic carbocycles. The molecule has 1 atom stereocenters. The van der Waals surface area contributed by atoms with Crippen molar-refractivity contribution in [1.82, 2.24) is 0 Å². The second-order valence-corrected chi connectivity index (χ2v) is 3.40. The molecule has 0 amide bonds. The van der Waals surface area contributed by atoms with Gasteiger partial charge in [-0.3, -0.25) is 4.79 Å². The van der Waals surface area contributed by atoms with Gasteiger partial charge in [-0.15, -0.1) is 0 Å². The molecule has 0 saturated heterocycles. The minimum Gasteiger partial charge on any atom is -0.491 e. The van der Waals surface area contributed by atoms with Gasteiger partial charge in [-0.2, -0.15) is 0 Å². The lowest BCUT2D eigenvalue weighted by atomic mass is 10.2. The maximum Gasteiger partial charge on any atom is 0.322 e. The van der Waals surface area contributed by atoms with Crippen LogP contribution >= 0.6 is 0 Å². The van der Waals surface area contributed by atoms with E-state index < -0.39 is 17.8 Å². The highest BCUT2D eigenvalue weighted by atomic mass is 19.1. The van der Waals surface area contributed by atoms with Crippen molar-refractivity contribution in [3.8, 4) is 5.75 Å². The summed E-state index contributed by atoms with van der Waals surface area (Å²) in [5, 5.41) is 11.3. The maximum atomic E-state index is 13.4. The summed E-state index contributed by atoms with van der Waals surface area (Å²) in [5.41, 5.74) is 5.76. The summed E-state index contributed by atoms with van der Waals surface area (Å²) in [6.45, 7) is 2.17. The molecule has 94 valence electrons. The predicted octanol–water partition coefficient (Wildman–Crippen LogP) is 1.05. The number of aliphatic carboxylic acids is 1. The number of carbonyl (C=O) groups is 1. The smallest absolute Gasteiger partial charge is 0.322 e. The monoisotopic (exact) mass is 242 g/mol. The highest BCUT2D eigenvalue weighted by Crippen LogP contribution is 2.20. The zero-order chi connectivity index (χ0) is 12.8. The number of hydrogen-bond donors (Lipinski definition) is 3. The molecule has 1 aromatic carbocycles. The lowest BCUT2D eigenvalue weighted by molar-refractivity contribution is -0.138. The van der Waals surface area contributed by atoms with Crippen LogP contribution in [0.5, 0.6) is 5.75 Å². The molecular weight excluding hydrogens is 227 g/mol. The topological polar surface area (TPSA) is 84.6 Å². The van der Waals surface area contributed by atoms with Crippen LogP contribution in [-0.4, -0.2) is 30.3 Å². The van der Waals surface area contributed by atoms with E-state index in [1.165, 1.54) is 12.1 Å². The average Bonchev–Trinajstić information content (AvgIpc) is 2.29. The Hall–Kier alpha value is -1.82. The van der Waals surface area contributed by atoms with Crippen LogP contribution in [0.2, 0.25) is 0 Å². The fraction of sp³-hybridized carbons (Fsp3) is 0.364. The number of benzene rings is 1. The first-order chi connectivity index (χ1) is 8.04. The molecule has 1 rings (SSSR count). The zero-order valence-corrected chi connectivity index (χ0v) is 9.44. The average molecular weight is 242 g/mol. The van der Waals surface area contributed by atoms with Crippen LogP contribution in [0.3, 0.4) is 0 Å². The summed E-state index contributed by atoms with van der Waals surface area (Å²) in [5.74, 6) is -1.44. The fourth-order valence-electron chi connectivity index (χ4n) is 1.20. The van der Waals surface area contributed by atoms with Crippen molar-refractivity contribution >= 4 is 11.7 Å². The molecule has 0 aromatic heterocycles. The number of anilines is 1. The van der Waals surface area contributed by atoms with E-state index in [9.17, 15) is 9.18 Å². The molecule has 0 radical (unpaired) electrons. The molecule has 17 heavy (non-hydrogen) atoms. The van der Waals surface area contributed by atoms with Gasteiger partial charge < -0.3 is 20.9 Å². The van der Waals surface area contributed by atoms with Gasteiger partial charge in [0.1, 0.15) is 6.04 Å². The van der Waals surface area contributed by atoms with Crippen molar-refractivity contribution in [3.63, 3.8) is 0 Å². The Morgan fingerprint density at radius 1 is 1.65 bits per heavy atom. The van der Waals surface area contributed by atoms with E-state index in [0.717, 1.165) is 0 Å². The van der Waals surface area contributed by atoms with Gasteiger partial charge in [0.05, 0.1) is 6.61 Å². The first kappa shape index (κ1) is 13.2. The summed E-state index contributed by atoms with van der Waals surface area (Å²) < 4.78 is 18.4. The summed E-state index contributed by atoms with van der Waals surface area (Å²) in [4.78, 5) is 10.5. The lowest BCUT2D eigenvalue weighted by Gasteiger charge is -2.11. The number of rotatable bonds is 6. The minimum absolute atomic E-state index is 0.0305. The van der Waals surface area contributed by atoms with Gasteiger partial charge in [-0.1, -0.05) is 0 Å². The number of nitrogens with one attached hydrogen (secondary N) is 1. The molecule has 1 unspecified atom stereocenters. The number of ether oxygens (including phenoxy) is 1. The van der Waals surface area contributed by atoms with Crippen molar-refractivity contribution in [1.29, 1.82) is 0 Å². The third-order valence-electron chi connectivity index (χ3n) is 2.08. The largest absolute Gasteiger partial charge is 0.491 e. The van der Waals surface area contributed by atoms with Crippen LogP contribution in [0.15, 0.2) is 18.2 Å². The summed E-state index contributed by atoms with van der Waals surface area (Å²) in [6, 6.07) is 3.29. The van der Waals surface area contributed by atoms with Gasteiger partial charge in [0.2, 0.25) is 0 Å². The summed E-state index contributed by atoms with van der Waals surface area (Å²) in [6.07, 6.45) is 0. The van der Waals surface area contributed by atoms with Gasteiger partial charge >= 0.3 is 5.97 Å². The molecule has 0 spiro atoms. The van der Waals surface area contributed by atoms with Crippen LogP contribution in [0.4, 0.5) is 10.1 Å². The standard InChI is InChI=1S/C11H15FN2O3/c1-2-17-10-4-3-7(5-8(10)12)14-6-9(13)11(15)16/h3-5,9,14H,2,6,13H2,1H3,(H,15,16). The normalized spacial score (nSPS) is 11.9. The number of carboxylic acid groups (broad SMARTS) is 1. The predicted molar refractivity (Wildman–Crippen MR) is 61.7 cm³/mol. The van der Waals surface area contributed by atoms with Crippen molar-refractivity contribution in [2.45, 2.75) is 13.0 Å². The van der Waals surface area contributed by atoms with E-state index in [2.05, 4.69) is 5.32 Å². The van der Waals surface area contributed by atoms with Crippen LogP contribution in [0.1, 0.15) is 6.92 Å². The van der Waals surface area contributed by atoms with E-state index in [4.69, 9.17) is 15.6 Å². The maximum absolute atomic E-state index is 13.4. The third kappa shape index (κ3) is 3.92. The molecule has 0 heterocycles. The molecule has 1 aromatic rings. The van der Waals surface area contributed by atoms with E-state index in [-0.39, 0.29) is 12.3 Å². The van der Waals surface area contributed by atoms with E-state index in [1.807, 2.05) is 0 Å². The van der Waals surface area contributed by atoms with E-state index in [1.54, 1.807) is 13.0 Å². The lowest BCUT2D eigenvalue weighted by Crippen LogP contribution is -2.36. The highest BCUT2D eigenvalue weighted by molar-refractivity contribution is 5.74. The fourth-order valence-corrected chi connectivity index (χ4v) is 1.20. The van der Waals surface area contributed by atoms with Crippen LogP contribution < -0.4 is 15.8 Å². The second kappa shape index (κ2) is 6.05. The Bertz CT molecular complexity index is 398. The first-order valence-electron chi connectivity index (χ1n) is 5.19. The molecule has 0 bridgehead atoms. The third-order valence-corrected chi connectivity index (χ3v) is 2.08. The van der Waals surface area contributed by atoms with Gasteiger partial charge in [-0.25, -0.2) is 4.39 Å². The van der Waals surface area contributed by atoms with Crippen molar-refractivity contribution in [2.75, 3.05) is 18.5 Å². The second-order valence-electron chi connectivity index (χ2n) is 3.40. The SMILES string of the molecule is CCOc1ccc(NCC(N)C(=O)O)cc1F. The number of nitrogens with two attached hydrogens (primary N) is 1. The molecule has 0 saturated carbocycles. The van der Waals surface area contributed by atoms with Gasteiger partial charge in [0.25, 0.3) is 0 Å². The van der Waals surface area contributed by atoms with Gasteiger partial charge in [-0.05, 0) is 19.1 Å². The van der Waals surface area contributed by atoms with E-state index >= 15 is 0 Å². The Balaban J connectivity index is 2.61. The van der Waals surface area contributed by atoms with Crippen LogP contribution in [0, 0.1) is 5.82 Å². The quantitative estimate of drug-likeness (QED) is 0.694. The zero-order valence-electron chi connectivity index (χ0n) is 9.44. The molecule has 6 heteroatoms. The summed E-state index contributed by atoms with van der Waals surface area (Å²) in [7, 11) is 0. The molecular formula is C11H15FN2O3. The van der Waals surface area contributed by atoms with Crippen molar-refractivity contribution in [2.24, 2.45) is 5.73 Å². The number of carboxylic acids is 1. The highest BCUT2D eigenvalue weighted by Gasteiger charge is 2.11. The Labute approximate surface area is 98.4 Å². The Morgan fingerprint density at radius 3 is 2.88 bits per heavy atom. The Morgan fingerprint density at radius 2 is 2.35 bits per heavy atom. The van der Waals surface area contributed by atoms with Crippen molar-refractivity contribution in [3.05, 3.63) is 24.0 Å². The van der Waals surface area contributed by atoms with Crippen molar-refractivity contribution < 1.29 is 19.0 Å². The molecule has 0 fully saturated rings. The Kier molecular flexibility index (Phi) is 4.71. The molecule has 5 nitrogen and oxygen atoms in total. The molecule has 0 aliphatic heterocycles. The number of halogens is 1. The van der Waals surface area contributed by atoms with Crippen LogP contribution in [0.25, 0.3) is 0 Å². The molecule has 4 N–H and O–H groups in total. The van der Waals surface area contributed by atoms with Gasteiger partial charge in [0.15, 0.2) is 11.6 Å². The first-order valence-corrected chi connectivity index (χ1v) is 5.19. The van der Waals surface area contributed by atoms with Crippen LogP contribution in [-0.2, 0) is 4.79 Å². The minimum atomic E-state index is -1.11. The van der Waals surface area contributed by atoms with Gasteiger partial charge in [0, 0.05) is 18.3 Å².